The molecule has 34 heavy (non-hydrogen) atoms. The molecular formula is C26H26F2N4O2. The number of rotatable bonds is 3. The summed E-state index contributed by atoms with van der Waals surface area (Å²) in [5.74, 6) is 5.69. The largest absolute Gasteiger partial charge is 0.434 e. The van der Waals surface area contributed by atoms with Gasteiger partial charge in [-0.05, 0) is 51.1 Å². The highest BCUT2D eigenvalue weighted by molar-refractivity contribution is 5.97. The summed E-state index contributed by atoms with van der Waals surface area (Å²) in [5.41, 5.74) is 2.18. The van der Waals surface area contributed by atoms with Gasteiger partial charge in [0.1, 0.15) is 11.6 Å². The van der Waals surface area contributed by atoms with E-state index in [1.807, 2.05) is 37.5 Å². The zero-order valence-electron chi connectivity index (χ0n) is 22.0. The zero-order valence-corrected chi connectivity index (χ0v) is 19.0. The number of ether oxygens (including phenoxy) is 1. The lowest BCUT2D eigenvalue weighted by atomic mass is 9.97. The average molecular weight is 468 g/mol. The van der Waals surface area contributed by atoms with Crippen molar-refractivity contribution < 1.29 is 22.4 Å². The van der Waals surface area contributed by atoms with Crippen LogP contribution in [0, 0.1) is 11.8 Å². The molecule has 1 aromatic heterocycles. The van der Waals surface area contributed by atoms with Crippen LogP contribution in [0.15, 0.2) is 36.4 Å². The average Bonchev–Trinajstić information content (AvgIpc) is 3.28. The Bertz CT molecular complexity index is 1450. The Morgan fingerprint density at radius 2 is 2.12 bits per heavy atom. The summed E-state index contributed by atoms with van der Waals surface area (Å²) in [7, 11) is 0. The van der Waals surface area contributed by atoms with Gasteiger partial charge in [-0.2, -0.15) is 8.78 Å². The topological polar surface area (TPSA) is 59.4 Å². The third kappa shape index (κ3) is 3.80. The van der Waals surface area contributed by atoms with Gasteiger partial charge >= 0.3 is 6.61 Å². The minimum absolute atomic E-state index is 0.0264. The van der Waals surface area contributed by atoms with Crippen LogP contribution in [0.25, 0.3) is 11.0 Å². The Balaban J connectivity index is 1.68. The lowest BCUT2D eigenvalue weighted by Crippen LogP contribution is -2.35. The van der Waals surface area contributed by atoms with Gasteiger partial charge in [-0.1, -0.05) is 17.9 Å². The lowest BCUT2D eigenvalue weighted by Gasteiger charge is -2.24. The molecule has 2 aliphatic heterocycles. The number of carbonyl (C=O) groups excluding carboxylic acids is 1. The van der Waals surface area contributed by atoms with Crippen LogP contribution in [-0.2, 0) is 0 Å². The first-order valence-corrected chi connectivity index (χ1v) is 11.0. The Morgan fingerprint density at radius 1 is 1.29 bits per heavy atom. The van der Waals surface area contributed by atoms with Crippen LogP contribution in [-0.4, -0.2) is 46.0 Å². The van der Waals surface area contributed by atoms with Gasteiger partial charge in [0.05, 0.1) is 29.7 Å². The highest BCUT2D eigenvalue weighted by atomic mass is 19.3. The summed E-state index contributed by atoms with van der Waals surface area (Å²) in [6.45, 7) is 0.769. The van der Waals surface area contributed by atoms with Crippen molar-refractivity contribution in [3.05, 3.63) is 58.9 Å². The van der Waals surface area contributed by atoms with Gasteiger partial charge in [0.15, 0.2) is 0 Å². The van der Waals surface area contributed by atoms with Crippen molar-refractivity contribution in [3.63, 3.8) is 0 Å². The first-order chi connectivity index (χ1) is 17.3. The standard InChI is InChI=1S/C26H26F2N4O2/c1-26(2,3)29-12-6-7-15-10-11-17-18(13-15)32-19-14-20(23(32)30-17)31(4)24(33)16-8-5-9-21(22(16)19)34-25(27)28/h5,8-11,13,19-20,25,29H,12,14H2,1-4H3/t19-,20-/m1/s1/i4D3. The zero-order chi connectivity index (χ0) is 26.7. The number of nitrogens with zero attached hydrogens (tertiary/aromatic N) is 3. The molecule has 1 N–H and O–H groups in total. The molecule has 2 atom stereocenters. The van der Waals surface area contributed by atoms with Crippen molar-refractivity contribution in [1.82, 2.24) is 19.8 Å². The van der Waals surface area contributed by atoms with Crippen molar-refractivity contribution >= 4 is 16.9 Å². The molecular weight excluding hydrogens is 438 g/mol. The van der Waals surface area contributed by atoms with E-state index in [0.29, 0.717) is 23.4 Å². The number of amides is 1. The maximum atomic E-state index is 13.5. The minimum atomic E-state index is -3.11. The van der Waals surface area contributed by atoms with Crippen LogP contribution in [0.5, 0.6) is 5.75 Å². The van der Waals surface area contributed by atoms with E-state index in [2.05, 4.69) is 22.1 Å². The van der Waals surface area contributed by atoms with Crippen LogP contribution in [0.3, 0.4) is 0 Å². The second-order valence-corrected chi connectivity index (χ2v) is 9.49. The van der Waals surface area contributed by atoms with Gasteiger partial charge < -0.3 is 19.5 Å². The second kappa shape index (κ2) is 8.10. The summed E-state index contributed by atoms with van der Waals surface area (Å²) in [5, 5.41) is 3.30. The predicted molar refractivity (Wildman–Crippen MR) is 125 cm³/mol. The van der Waals surface area contributed by atoms with Gasteiger partial charge in [-0.3, -0.25) is 4.79 Å². The fraction of sp³-hybridized carbons (Fsp3) is 0.385. The number of alkyl halides is 2. The highest BCUT2D eigenvalue weighted by Crippen LogP contribution is 2.49. The van der Waals surface area contributed by atoms with Crippen molar-refractivity contribution in [1.29, 1.82) is 0 Å². The molecule has 2 bridgehead atoms. The third-order valence-corrected chi connectivity index (χ3v) is 6.09. The van der Waals surface area contributed by atoms with Gasteiger partial charge in [-0.25, -0.2) is 4.98 Å². The van der Waals surface area contributed by atoms with Crippen LogP contribution in [0.1, 0.15) is 70.7 Å². The molecule has 8 heteroatoms. The summed E-state index contributed by atoms with van der Waals surface area (Å²) in [4.78, 5) is 19.0. The Morgan fingerprint density at radius 3 is 2.85 bits per heavy atom. The smallest absolute Gasteiger partial charge is 0.387 e. The predicted octanol–water partition coefficient (Wildman–Crippen LogP) is 4.50. The van der Waals surface area contributed by atoms with E-state index in [-0.39, 0.29) is 28.8 Å². The Labute approximate surface area is 201 Å². The van der Waals surface area contributed by atoms with Crippen molar-refractivity contribution in [3.8, 4) is 17.6 Å². The molecule has 176 valence electrons. The molecule has 2 aromatic carbocycles. The molecule has 0 fully saturated rings. The molecule has 6 nitrogen and oxygen atoms in total. The molecule has 0 saturated heterocycles. The number of benzene rings is 2. The normalized spacial score (nSPS) is 20.7. The van der Waals surface area contributed by atoms with E-state index < -0.39 is 31.6 Å². The number of fused-ring (bicyclic) bond motifs is 9. The van der Waals surface area contributed by atoms with E-state index in [1.165, 1.54) is 18.2 Å². The summed E-state index contributed by atoms with van der Waals surface area (Å²) < 4.78 is 57.5. The molecule has 0 spiro atoms. The van der Waals surface area contributed by atoms with Gasteiger partial charge in [-0.15, -0.1) is 0 Å². The second-order valence-electron chi connectivity index (χ2n) is 9.49. The fourth-order valence-corrected chi connectivity index (χ4v) is 4.64. The SMILES string of the molecule is [2H]C([2H])([2H])N1C(=O)c2cccc(OC(F)F)c2[C@H]2C[C@@H]1c1nc3ccc(C#CCNC(C)(C)C)cc3n12. The van der Waals surface area contributed by atoms with Gasteiger partial charge in [0, 0.05) is 39.7 Å². The number of halogens is 2. The van der Waals surface area contributed by atoms with E-state index in [1.54, 1.807) is 6.07 Å². The van der Waals surface area contributed by atoms with Gasteiger partial charge in [0.2, 0.25) is 0 Å². The molecule has 3 heterocycles. The quantitative estimate of drug-likeness (QED) is 0.577. The monoisotopic (exact) mass is 467 g/mol. The molecule has 0 aliphatic carbocycles. The van der Waals surface area contributed by atoms with E-state index in [9.17, 15) is 13.6 Å². The highest BCUT2D eigenvalue weighted by Gasteiger charge is 2.45. The van der Waals surface area contributed by atoms with Crippen LogP contribution in [0.2, 0.25) is 0 Å². The first-order valence-electron chi connectivity index (χ1n) is 12.5. The number of hydrogen-bond donors (Lipinski definition) is 1. The van der Waals surface area contributed by atoms with Crippen LogP contribution >= 0.6 is 0 Å². The van der Waals surface area contributed by atoms with Gasteiger partial charge in [0.25, 0.3) is 5.91 Å². The molecule has 0 unspecified atom stereocenters. The summed E-state index contributed by atoms with van der Waals surface area (Å²) in [6.07, 6.45) is 0.171. The molecule has 1 amide bonds. The third-order valence-electron chi connectivity index (χ3n) is 6.09. The number of hydrogen-bond acceptors (Lipinski definition) is 4. The number of aromatic nitrogens is 2. The van der Waals surface area contributed by atoms with Crippen molar-refractivity contribution in [2.45, 2.75) is 51.4 Å². The van der Waals surface area contributed by atoms with E-state index in [0.717, 1.165) is 10.5 Å². The molecule has 3 aromatic rings. The van der Waals surface area contributed by atoms with Crippen LogP contribution in [0.4, 0.5) is 8.78 Å². The number of imidazole rings is 1. The molecule has 5 rings (SSSR count). The van der Waals surface area contributed by atoms with E-state index in [4.69, 9.17) is 8.85 Å². The molecule has 2 aliphatic rings. The first kappa shape index (κ1) is 18.9. The summed E-state index contributed by atoms with van der Waals surface area (Å²) >= 11 is 0. The number of carbonyl (C=O) groups is 1. The maximum Gasteiger partial charge on any atom is 0.387 e. The van der Waals surface area contributed by atoms with Crippen molar-refractivity contribution in [2.75, 3.05) is 13.5 Å². The minimum Gasteiger partial charge on any atom is -0.434 e. The molecule has 0 radical (unpaired) electrons. The molecule has 0 saturated carbocycles. The lowest BCUT2D eigenvalue weighted by molar-refractivity contribution is -0.0507. The Kier molecular flexibility index (Phi) is 4.51. The van der Waals surface area contributed by atoms with E-state index >= 15 is 0 Å². The Hall–Kier alpha value is -3.44. The number of nitrogens with one attached hydrogen (secondary N) is 1. The summed E-state index contributed by atoms with van der Waals surface area (Å²) in [6, 6.07) is 8.21. The van der Waals surface area contributed by atoms with Crippen LogP contribution < -0.4 is 10.1 Å². The fourth-order valence-electron chi connectivity index (χ4n) is 4.64. The maximum absolute atomic E-state index is 13.5. The van der Waals surface area contributed by atoms with Crippen molar-refractivity contribution in [2.24, 2.45) is 0 Å².